The largest absolute Gasteiger partial charge is 0.610 e. The summed E-state index contributed by atoms with van der Waals surface area (Å²) in [7, 11) is 0. The number of benzene rings is 1. The maximum atomic E-state index is 11.4. The smallest absolute Gasteiger partial charge is 0.311 e. The van der Waals surface area contributed by atoms with Gasteiger partial charge in [0, 0.05) is 29.9 Å². The molecular formula is C13H13N3O3S. The van der Waals surface area contributed by atoms with Crippen molar-refractivity contribution in [3.63, 3.8) is 0 Å². The van der Waals surface area contributed by atoms with Crippen molar-refractivity contribution < 1.29 is 9.48 Å². The van der Waals surface area contributed by atoms with Crippen molar-refractivity contribution >= 4 is 22.7 Å². The number of nitro groups is 1. The molecule has 0 radical (unpaired) electrons. The van der Waals surface area contributed by atoms with Crippen LogP contribution < -0.4 is 5.32 Å². The second-order valence-electron chi connectivity index (χ2n) is 4.07. The third-order valence-electron chi connectivity index (χ3n) is 2.64. The Morgan fingerprint density at radius 3 is 2.55 bits per heavy atom. The van der Waals surface area contributed by atoms with Crippen molar-refractivity contribution in [1.29, 1.82) is 0 Å². The van der Waals surface area contributed by atoms with Gasteiger partial charge in [-0.05, 0) is 5.56 Å². The molecule has 0 fully saturated rings. The van der Waals surface area contributed by atoms with Crippen LogP contribution in [0.1, 0.15) is 5.56 Å². The van der Waals surface area contributed by atoms with Gasteiger partial charge in [-0.3, -0.25) is 10.1 Å². The van der Waals surface area contributed by atoms with E-state index in [1.807, 2.05) is 30.3 Å². The number of nitrogens with zero attached hydrogens (tertiary/aromatic N) is 2. The molecule has 2 rings (SSSR count). The first-order valence-electron chi connectivity index (χ1n) is 5.84. The van der Waals surface area contributed by atoms with Crippen LogP contribution in [0.3, 0.4) is 0 Å². The van der Waals surface area contributed by atoms with Crippen LogP contribution in [-0.2, 0) is 17.7 Å². The monoisotopic (exact) mass is 291 g/mol. The van der Waals surface area contributed by atoms with Crippen LogP contribution in [0, 0.1) is 10.1 Å². The predicted molar refractivity (Wildman–Crippen MR) is 77.0 cm³/mol. The lowest BCUT2D eigenvalue weighted by Crippen LogP contribution is -2.08. The highest BCUT2D eigenvalue weighted by atomic mass is 32.2. The molecule has 1 unspecified atom stereocenters. The number of hydrogen-bond donors (Lipinski definition) is 1. The lowest BCUT2D eigenvalue weighted by molar-refractivity contribution is -0.384. The average Bonchev–Trinajstić information content (AvgIpc) is 2.45. The molecule has 0 aliphatic carbocycles. The Balaban J connectivity index is 2.24. The van der Waals surface area contributed by atoms with Gasteiger partial charge in [0.05, 0.1) is 4.92 Å². The molecule has 1 N–H and O–H groups in total. The summed E-state index contributed by atoms with van der Waals surface area (Å²) in [6.45, 7) is 0.411. The molecule has 0 aliphatic rings. The zero-order valence-electron chi connectivity index (χ0n) is 10.8. The highest BCUT2D eigenvalue weighted by molar-refractivity contribution is 7.90. The number of anilines is 1. The van der Waals surface area contributed by atoms with Gasteiger partial charge in [-0.25, -0.2) is 0 Å². The average molecular weight is 291 g/mol. The van der Waals surface area contributed by atoms with Gasteiger partial charge in [-0.1, -0.05) is 30.3 Å². The van der Waals surface area contributed by atoms with E-state index in [0.717, 1.165) is 5.56 Å². The lowest BCUT2D eigenvalue weighted by Gasteiger charge is -2.08. The van der Waals surface area contributed by atoms with Gasteiger partial charge in [0.1, 0.15) is 6.26 Å². The quantitative estimate of drug-likeness (QED) is 0.518. The number of aromatic nitrogens is 1. The number of hydrogen-bond acceptors (Lipinski definition) is 5. The topological polar surface area (TPSA) is 91.1 Å². The van der Waals surface area contributed by atoms with Crippen molar-refractivity contribution in [1.82, 2.24) is 4.98 Å². The summed E-state index contributed by atoms with van der Waals surface area (Å²) in [6.07, 6.45) is 1.48. The van der Waals surface area contributed by atoms with E-state index in [4.69, 9.17) is 0 Å². The molecule has 1 aromatic carbocycles. The highest BCUT2D eigenvalue weighted by Crippen LogP contribution is 2.24. The highest BCUT2D eigenvalue weighted by Gasteiger charge is 2.19. The fraction of sp³-hybridized carbons (Fsp3) is 0.154. The first-order chi connectivity index (χ1) is 9.58. The Morgan fingerprint density at radius 1 is 1.25 bits per heavy atom. The summed E-state index contributed by atoms with van der Waals surface area (Å²) < 4.78 is 11.4. The van der Waals surface area contributed by atoms with E-state index in [-0.39, 0.29) is 11.5 Å². The van der Waals surface area contributed by atoms with Crippen LogP contribution in [-0.4, -0.2) is 20.7 Å². The molecule has 1 aromatic heterocycles. The summed E-state index contributed by atoms with van der Waals surface area (Å²) >= 11 is -1.28. The number of nitrogens with one attached hydrogen (secondary N) is 1. The third-order valence-corrected chi connectivity index (χ3v) is 3.46. The molecular weight excluding hydrogens is 278 g/mol. The van der Waals surface area contributed by atoms with Gasteiger partial charge < -0.3 is 9.87 Å². The summed E-state index contributed by atoms with van der Waals surface area (Å²) in [5.41, 5.74) is 0.849. The van der Waals surface area contributed by atoms with Crippen molar-refractivity contribution in [2.75, 3.05) is 11.6 Å². The van der Waals surface area contributed by atoms with Crippen LogP contribution in [0.15, 0.2) is 47.5 Å². The predicted octanol–water partition coefficient (Wildman–Crippen LogP) is 2.34. The van der Waals surface area contributed by atoms with Gasteiger partial charge >= 0.3 is 5.69 Å². The molecule has 0 saturated heterocycles. The van der Waals surface area contributed by atoms with Crippen LogP contribution in [0.5, 0.6) is 0 Å². The second-order valence-corrected chi connectivity index (χ2v) is 5.39. The van der Waals surface area contributed by atoms with Gasteiger partial charge in [0.2, 0.25) is 10.8 Å². The zero-order chi connectivity index (χ0) is 14.5. The zero-order valence-corrected chi connectivity index (χ0v) is 11.6. The maximum Gasteiger partial charge on any atom is 0.311 e. The Morgan fingerprint density at radius 2 is 1.95 bits per heavy atom. The van der Waals surface area contributed by atoms with Crippen molar-refractivity contribution in [3.8, 4) is 0 Å². The van der Waals surface area contributed by atoms with E-state index in [0.29, 0.717) is 11.6 Å². The fourth-order valence-corrected chi connectivity index (χ4v) is 2.13. The van der Waals surface area contributed by atoms with Gasteiger partial charge in [-0.2, -0.15) is 4.98 Å². The summed E-state index contributed by atoms with van der Waals surface area (Å²) in [5, 5.41) is 14.2. The first-order valence-corrected chi connectivity index (χ1v) is 7.40. The minimum absolute atomic E-state index is 0.130. The van der Waals surface area contributed by atoms with E-state index < -0.39 is 16.1 Å². The van der Waals surface area contributed by atoms with Crippen molar-refractivity contribution in [2.45, 2.75) is 11.6 Å². The molecule has 0 bridgehead atoms. The molecule has 2 aromatic rings. The third kappa shape index (κ3) is 3.46. The molecule has 1 atom stereocenters. The molecule has 20 heavy (non-hydrogen) atoms. The molecule has 0 amide bonds. The van der Waals surface area contributed by atoms with Crippen LogP contribution in [0.4, 0.5) is 11.5 Å². The Kier molecular flexibility index (Phi) is 4.54. The Bertz CT molecular complexity index is 605. The van der Waals surface area contributed by atoms with E-state index in [1.54, 1.807) is 0 Å². The van der Waals surface area contributed by atoms with E-state index in [2.05, 4.69) is 10.3 Å². The molecule has 0 spiro atoms. The van der Waals surface area contributed by atoms with E-state index in [1.165, 1.54) is 18.4 Å². The van der Waals surface area contributed by atoms with Crippen LogP contribution in [0.2, 0.25) is 0 Å². The minimum Gasteiger partial charge on any atom is -0.610 e. The SMILES string of the molecule is C[S+]([O-])c1ccc([N+](=O)[O-])c(NCc2ccccc2)n1. The summed E-state index contributed by atoms with van der Waals surface area (Å²) in [6, 6.07) is 12.2. The van der Waals surface area contributed by atoms with E-state index >= 15 is 0 Å². The molecule has 7 heteroatoms. The van der Waals surface area contributed by atoms with Gasteiger partial charge in [0.15, 0.2) is 0 Å². The van der Waals surface area contributed by atoms with Crippen LogP contribution >= 0.6 is 0 Å². The number of rotatable bonds is 5. The van der Waals surface area contributed by atoms with Crippen molar-refractivity contribution in [2.24, 2.45) is 0 Å². The molecule has 0 saturated carbocycles. The normalized spacial score (nSPS) is 11.9. The summed E-state index contributed by atoms with van der Waals surface area (Å²) in [5.74, 6) is 0.131. The second kappa shape index (κ2) is 6.36. The maximum absolute atomic E-state index is 11.4. The van der Waals surface area contributed by atoms with Crippen molar-refractivity contribution in [3.05, 3.63) is 58.1 Å². The first kappa shape index (κ1) is 14.3. The minimum atomic E-state index is -1.28. The lowest BCUT2D eigenvalue weighted by atomic mass is 10.2. The molecule has 0 aliphatic heterocycles. The standard InChI is InChI=1S/C13H13N3O3S/c1-20(19)12-8-7-11(16(17)18)13(15-12)14-9-10-5-3-2-4-6-10/h2-8H,9H2,1H3,(H,14,15). The fourth-order valence-electron chi connectivity index (χ4n) is 1.65. The van der Waals surface area contributed by atoms with Gasteiger partial charge in [-0.15, -0.1) is 0 Å². The molecule has 104 valence electrons. The molecule has 1 heterocycles. The Labute approximate surface area is 119 Å². The Hall–Kier alpha value is -2.12. The number of pyridine rings is 1. The summed E-state index contributed by atoms with van der Waals surface area (Å²) in [4.78, 5) is 14.5. The van der Waals surface area contributed by atoms with E-state index in [9.17, 15) is 14.7 Å². The van der Waals surface area contributed by atoms with Gasteiger partial charge in [0.25, 0.3) is 0 Å². The van der Waals surface area contributed by atoms with Crippen LogP contribution in [0.25, 0.3) is 0 Å². The molecule has 6 nitrogen and oxygen atoms in total.